The maximum atomic E-state index is 12.4. The third-order valence-corrected chi connectivity index (χ3v) is 5.06. The molecule has 0 aliphatic carbocycles. The lowest BCUT2D eigenvalue weighted by atomic mass is 10.2. The zero-order valence-corrected chi connectivity index (χ0v) is 16.6. The zero-order chi connectivity index (χ0) is 20.2. The molecule has 2 aromatic rings. The highest BCUT2D eigenvalue weighted by molar-refractivity contribution is 7.92. The number of methoxy groups -OCH3 is 1. The van der Waals surface area contributed by atoms with Crippen LogP contribution in [0.4, 0.5) is 11.4 Å². The highest BCUT2D eigenvalue weighted by Crippen LogP contribution is 2.26. The number of amides is 1. The second kappa shape index (κ2) is 8.41. The van der Waals surface area contributed by atoms with Gasteiger partial charge in [0.15, 0.2) is 0 Å². The summed E-state index contributed by atoms with van der Waals surface area (Å²) < 4.78 is 30.0. The fourth-order valence-corrected chi connectivity index (χ4v) is 3.48. The molecule has 27 heavy (non-hydrogen) atoms. The van der Waals surface area contributed by atoms with E-state index in [9.17, 15) is 18.0 Å². The molecule has 0 aliphatic heterocycles. The van der Waals surface area contributed by atoms with Crippen molar-refractivity contribution < 1.29 is 22.7 Å². The number of rotatable bonds is 6. The SMILES string of the molecule is COC(=O)c1cccc(NC(=O)CN(c2cc(Cl)ccc2C)S(C)(=O)=O)c1. The summed E-state index contributed by atoms with van der Waals surface area (Å²) in [7, 11) is -2.48. The van der Waals surface area contributed by atoms with Gasteiger partial charge in [0, 0.05) is 10.7 Å². The molecule has 0 radical (unpaired) electrons. The van der Waals surface area contributed by atoms with Crippen LogP contribution >= 0.6 is 11.6 Å². The molecule has 9 heteroatoms. The minimum Gasteiger partial charge on any atom is -0.465 e. The summed E-state index contributed by atoms with van der Waals surface area (Å²) in [6.45, 7) is 1.28. The van der Waals surface area contributed by atoms with Gasteiger partial charge in [-0.15, -0.1) is 0 Å². The third kappa shape index (κ3) is 5.45. The lowest BCUT2D eigenvalue weighted by molar-refractivity contribution is -0.114. The van der Waals surface area contributed by atoms with Crippen LogP contribution in [0.3, 0.4) is 0 Å². The van der Waals surface area contributed by atoms with Gasteiger partial charge in [0.1, 0.15) is 6.54 Å². The average molecular weight is 411 g/mol. The van der Waals surface area contributed by atoms with Gasteiger partial charge >= 0.3 is 5.97 Å². The Morgan fingerprint density at radius 1 is 1.19 bits per heavy atom. The summed E-state index contributed by atoms with van der Waals surface area (Å²) in [6, 6.07) is 11.0. The van der Waals surface area contributed by atoms with Crippen molar-refractivity contribution >= 4 is 44.9 Å². The molecule has 0 unspecified atom stereocenters. The number of sulfonamides is 1. The highest BCUT2D eigenvalue weighted by Gasteiger charge is 2.23. The zero-order valence-electron chi connectivity index (χ0n) is 15.0. The van der Waals surface area contributed by atoms with E-state index < -0.39 is 28.4 Å². The summed E-state index contributed by atoms with van der Waals surface area (Å²) in [4.78, 5) is 24.0. The van der Waals surface area contributed by atoms with Crippen molar-refractivity contribution in [1.29, 1.82) is 0 Å². The fourth-order valence-electron chi connectivity index (χ4n) is 2.41. The van der Waals surface area contributed by atoms with E-state index in [2.05, 4.69) is 10.1 Å². The Labute approximate surface area is 162 Å². The van der Waals surface area contributed by atoms with E-state index in [-0.39, 0.29) is 5.56 Å². The normalized spacial score (nSPS) is 11.0. The largest absolute Gasteiger partial charge is 0.465 e. The molecule has 1 amide bonds. The van der Waals surface area contributed by atoms with E-state index in [0.717, 1.165) is 10.6 Å². The summed E-state index contributed by atoms with van der Waals surface area (Å²) in [5, 5.41) is 2.94. The second-order valence-corrected chi connectivity index (χ2v) is 8.16. The second-order valence-electron chi connectivity index (χ2n) is 5.82. The number of carbonyl (C=O) groups excluding carboxylic acids is 2. The fraction of sp³-hybridized carbons (Fsp3) is 0.222. The molecule has 0 heterocycles. The van der Waals surface area contributed by atoms with Crippen LogP contribution in [0.2, 0.25) is 5.02 Å². The molecule has 144 valence electrons. The predicted molar refractivity (Wildman–Crippen MR) is 105 cm³/mol. The van der Waals surface area contributed by atoms with Crippen LogP contribution in [-0.2, 0) is 19.6 Å². The number of halogens is 1. The molecule has 0 bridgehead atoms. The first kappa shape index (κ1) is 20.7. The van der Waals surface area contributed by atoms with Crippen LogP contribution in [0.1, 0.15) is 15.9 Å². The van der Waals surface area contributed by atoms with Crippen LogP contribution in [-0.4, -0.2) is 40.2 Å². The number of nitrogens with one attached hydrogen (secondary N) is 1. The van der Waals surface area contributed by atoms with Gasteiger partial charge in [0.05, 0.1) is 24.6 Å². The highest BCUT2D eigenvalue weighted by atomic mass is 35.5. The topological polar surface area (TPSA) is 92.8 Å². The van der Waals surface area contributed by atoms with Crippen LogP contribution in [0, 0.1) is 6.92 Å². The van der Waals surface area contributed by atoms with E-state index in [4.69, 9.17) is 11.6 Å². The Bertz CT molecular complexity index is 975. The maximum Gasteiger partial charge on any atom is 0.337 e. The number of benzene rings is 2. The van der Waals surface area contributed by atoms with Crippen molar-refractivity contribution in [2.45, 2.75) is 6.92 Å². The van der Waals surface area contributed by atoms with Crippen LogP contribution in [0.25, 0.3) is 0 Å². The molecule has 0 saturated carbocycles. The van der Waals surface area contributed by atoms with E-state index in [0.29, 0.717) is 22.0 Å². The molecular formula is C18H19ClN2O5S. The van der Waals surface area contributed by atoms with Gasteiger partial charge in [-0.05, 0) is 42.8 Å². The summed E-state index contributed by atoms with van der Waals surface area (Å²) in [6.07, 6.45) is 1.01. The molecule has 0 spiro atoms. The van der Waals surface area contributed by atoms with Crippen molar-refractivity contribution in [3.8, 4) is 0 Å². The Hall–Kier alpha value is -2.58. The number of aryl methyl sites for hydroxylation is 1. The summed E-state index contributed by atoms with van der Waals surface area (Å²) in [5.41, 5.74) is 1.59. The predicted octanol–water partition coefficient (Wildman–Crippen LogP) is 2.84. The van der Waals surface area contributed by atoms with Gasteiger partial charge in [0.25, 0.3) is 0 Å². The van der Waals surface area contributed by atoms with E-state index >= 15 is 0 Å². The number of esters is 1. The lowest BCUT2D eigenvalue weighted by Gasteiger charge is -2.24. The molecule has 0 atom stereocenters. The van der Waals surface area contributed by atoms with Gasteiger partial charge in [-0.25, -0.2) is 13.2 Å². The molecule has 2 aromatic carbocycles. The molecule has 0 aliphatic rings. The van der Waals surface area contributed by atoms with Gasteiger partial charge in [0.2, 0.25) is 15.9 Å². The van der Waals surface area contributed by atoms with Crippen LogP contribution in [0.15, 0.2) is 42.5 Å². The first-order valence-corrected chi connectivity index (χ1v) is 10.1. The number of nitrogens with zero attached hydrogens (tertiary/aromatic N) is 1. The van der Waals surface area contributed by atoms with Crippen molar-refractivity contribution in [3.05, 3.63) is 58.6 Å². The molecule has 1 N–H and O–H groups in total. The van der Waals surface area contributed by atoms with Gasteiger partial charge in [-0.2, -0.15) is 0 Å². The standard InChI is InChI=1S/C18H19ClN2O5S/c1-12-7-8-14(19)10-16(12)21(27(3,24)25)11-17(22)20-15-6-4-5-13(9-15)18(23)26-2/h4-10H,11H2,1-3H3,(H,20,22). The van der Waals surface area contributed by atoms with Gasteiger partial charge in [-0.1, -0.05) is 23.7 Å². The Balaban J connectivity index is 2.25. The summed E-state index contributed by atoms with van der Waals surface area (Å²) >= 11 is 5.97. The first-order valence-electron chi connectivity index (χ1n) is 7.84. The first-order chi connectivity index (χ1) is 12.6. The Morgan fingerprint density at radius 3 is 2.52 bits per heavy atom. The molecular weight excluding hydrogens is 392 g/mol. The average Bonchev–Trinajstić information content (AvgIpc) is 2.60. The van der Waals surface area contributed by atoms with Gasteiger partial charge in [-0.3, -0.25) is 9.10 Å². The van der Waals surface area contributed by atoms with Gasteiger partial charge < -0.3 is 10.1 Å². The lowest BCUT2D eigenvalue weighted by Crippen LogP contribution is -2.37. The number of ether oxygens (including phenoxy) is 1. The van der Waals surface area contributed by atoms with E-state index in [1.807, 2.05) is 0 Å². The van der Waals surface area contributed by atoms with E-state index in [1.54, 1.807) is 37.3 Å². The monoisotopic (exact) mass is 410 g/mol. The Kier molecular flexibility index (Phi) is 6.45. The minimum absolute atomic E-state index is 0.265. The Morgan fingerprint density at radius 2 is 1.89 bits per heavy atom. The smallest absolute Gasteiger partial charge is 0.337 e. The molecule has 2 rings (SSSR count). The number of hydrogen-bond donors (Lipinski definition) is 1. The van der Waals surface area contributed by atoms with Crippen molar-refractivity contribution in [1.82, 2.24) is 0 Å². The molecule has 0 fully saturated rings. The summed E-state index contributed by atoms with van der Waals surface area (Å²) in [5.74, 6) is -1.11. The third-order valence-electron chi connectivity index (χ3n) is 3.69. The quantitative estimate of drug-likeness (QED) is 0.739. The van der Waals surface area contributed by atoms with Crippen molar-refractivity contribution in [2.24, 2.45) is 0 Å². The molecule has 7 nitrogen and oxygen atoms in total. The minimum atomic E-state index is -3.73. The van der Waals surface area contributed by atoms with Crippen LogP contribution < -0.4 is 9.62 Å². The van der Waals surface area contributed by atoms with E-state index in [1.165, 1.54) is 19.2 Å². The number of anilines is 2. The molecule has 0 saturated heterocycles. The maximum absolute atomic E-state index is 12.4. The van der Waals surface area contributed by atoms with Crippen molar-refractivity contribution in [2.75, 3.05) is 29.5 Å². The van der Waals surface area contributed by atoms with Crippen LogP contribution in [0.5, 0.6) is 0 Å². The van der Waals surface area contributed by atoms with Crippen molar-refractivity contribution in [3.63, 3.8) is 0 Å². The number of hydrogen-bond acceptors (Lipinski definition) is 5. The molecule has 0 aromatic heterocycles. The number of carbonyl (C=O) groups is 2.